The Morgan fingerprint density at radius 3 is 1.43 bits per heavy atom. The van der Waals surface area contributed by atoms with Gasteiger partial charge in [-0.1, -0.05) is 164 Å². The summed E-state index contributed by atoms with van der Waals surface area (Å²) in [7, 11) is 0. The van der Waals surface area contributed by atoms with Gasteiger partial charge in [-0.2, -0.15) is 0 Å². The van der Waals surface area contributed by atoms with Gasteiger partial charge in [-0.05, 0) is 93.5 Å². The Labute approximate surface area is 337 Å². The predicted molar refractivity (Wildman–Crippen MR) is 239 cm³/mol. The van der Waals surface area contributed by atoms with Crippen LogP contribution in [0.3, 0.4) is 0 Å². The van der Waals surface area contributed by atoms with E-state index in [2.05, 4.69) is 222 Å². The van der Waals surface area contributed by atoms with Gasteiger partial charge >= 0.3 is 0 Å². The summed E-state index contributed by atoms with van der Waals surface area (Å²) in [6.07, 6.45) is 0. The van der Waals surface area contributed by atoms with Gasteiger partial charge in [-0.3, -0.25) is 0 Å². The molecule has 9 aromatic carbocycles. The molecule has 0 saturated heterocycles. The Balaban J connectivity index is 1.28. The molecule has 58 heavy (non-hydrogen) atoms. The molecule has 12 rings (SSSR count). The van der Waals surface area contributed by atoms with Crippen LogP contribution in [0.25, 0.3) is 44.2 Å². The van der Waals surface area contributed by atoms with Crippen LogP contribution in [0, 0.1) is 0 Å². The van der Waals surface area contributed by atoms with Crippen molar-refractivity contribution in [3.05, 3.63) is 241 Å². The third-order valence-corrected chi connectivity index (χ3v) is 12.2. The largest absolute Gasteiger partial charge is 0.454 e. The van der Waals surface area contributed by atoms with Gasteiger partial charge in [0.15, 0.2) is 5.58 Å². The van der Waals surface area contributed by atoms with Crippen molar-refractivity contribution in [1.29, 1.82) is 0 Å². The molecule has 0 unspecified atom stereocenters. The van der Waals surface area contributed by atoms with Crippen molar-refractivity contribution in [2.24, 2.45) is 0 Å². The van der Waals surface area contributed by atoms with Crippen LogP contribution in [-0.4, -0.2) is 0 Å². The zero-order valence-electron chi connectivity index (χ0n) is 31.6. The van der Waals surface area contributed by atoms with Crippen LogP contribution in [-0.2, 0) is 5.41 Å². The number of fused-ring (bicyclic) bond motifs is 13. The molecular formula is C55H36N2O. The highest BCUT2D eigenvalue weighted by Crippen LogP contribution is 2.66. The highest BCUT2D eigenvalue weighted by Gasteiger charge is 2.53. The Morgan fingerprint density at radius 1 is 0.328 bits per heavy atom. The van der Waals surface area contributed by atoms with Crippen molar-refractivity contribution in [1.82, 2.24) is 0 Å². The molecule has 2 aliphatic carbocycles. The first-order valence-electron chi connectivity index (χ1n) is 19.9. The second kappa shape index (κ2) is 12.7. The molecule has 0 saturated carbocycles. The summed E-state index contributed by atoms with van der Waals surface area (Å²) in [5, 5.41) is 2.19. The third-order valence-electron chi connectivity index (χ3n) is 12.2. The number of hydrogen-bond acceptors (Lipinski definition) is 3. The van der Waals surface area contributed by atoms with Crippen molar-refractivity contribution in [3.8, 4) is 22.3 Å². The van der Waals surface area contributed by atoms with Gasteiger partial charge in [0.25, 0.3) is 0 Å². The van der Waals surface area contributed by atoms with Crippen LogP contribution in [0.15, 0.2) is 223 Å². The molecule has 0 amide bonds. The molecule has 0 atom stereocenters. The van der Waals surface area contributed by atoms with Crippen LogP contribution in [0.5, 0.6) is 0 Å². The molecule has 0 radical (unpaired) electrons. The number of hydrogen-bond donors (Lipinski definition) is 0. The van der Waals surface area contributed by atoms with E-state index in [0.717, 1.165) is 56.1 Å². The van der Waals surface area contributed by atoms with Gasteiger partial charge < -0.3 is 14.2 Å². The lowest BCUT2D eigenvalue weighted by atomic mass is 9.70. The molecule has 0 aliphatic heterocycles. The van der Waals surface area contributed by atoms with Gasteiger partial charge in [-0.15, -0.1) is 0 Å². The molecule has 0 fully saturated rings. The van der Waals surface area contributed by atoms with Gasteiger partial charge in [0, 0.05) is 33.4 Å². The summed E-state index contributed by atoms with van der Waals surface area (Å²) in [5.74, 6) is 0. The fraction of sp³-hybridized carbons (Fsp3) is 0.0182. The average molecular weight is 741 g/mol. The van der Waals surface area contributed by atoms with E-state index in [1.807, 2.05) is 6.07 Å². The highest BCUT2D eigenvalue weighted by atomic mass is 16.3. The number of anilines is 6. The second-order valence-corrected chi connectivity index (χ2v) is 15.2. The normalized spacial score (nSPS) is 13.0. The monoisotopic (exact) mass is 740 g/mol. The van der Waals surface area contributed by atoms with Crippen molar-refractivity contribution >= 4 is 56.1 Å². The standard InChI is InChI=1S/C55H36N2O/c1-4-19-37(20-5-1)56(38-21-6-2-7-22-38)49-36-35-48-52(44-28-12-16-32-47(44)55(48)45-30-14-10-25-40(45)41-26-11-15-31-46(41)55)53(49)57(39-23-8-3-9-24-39)50-33-18-29-43-42-27-13-17-34-51(42)58-54(43)50/h1-36H. The summed E-state index contributed by atoms with van der Waals surface area (Å²) in [6.45, 7) is 0. The van der Waals surface area contributed by atoms with Gasteiger partial charge in [-0.25, -0.2) is 0 Å². The van der Waals surface area contributed by atoms with Crippen molar-refractivity contribution < 1.29 is 4.42 Å². The van der Waals surface area contributed by atoms with Crippen LogP contribution < -0.4 is 9.80 Å². The Hall–Kier alpha value is -7.62. The van der Waals surface area contributed by atoms with Crippen LogP contribution in [0.2, 0.25) is 0 Å². The zero-order valence-corrected chi connectivity index (χ0v) is 31.6. The molecule has 1 aromatic heterocycles. The van der Waals surface area contributed by atoms with E-state index in [9.17, 15) is 0 Å². The quantitative estimate of drug-likeness (QED) is 0.169. The van der Waals surface area contributed by atoms with E-state index in [1.54, 1.807) is 0 Å². The first-order chi connectivity index (χ1) is 28.8. The van der Waals surface area contributed by atoms with E-state index in [0.29, 0.717) is 0 Å². The number of benzene rings is 9. The number of furan rings is 1. The summed E-state index contributed by atoms with van der Waals surface area (Å²) in [4.78, 5) is 4.87. The fourth-order valence-electron chi connectivity index (χ4n) is 10.0. The predicted octanol–water partition coefficient (Wildman–Crippen LogP) is 14.9. The molecule has 1 heterocycles. The second-order valence-electron chi connectivity index (χ2n) is 15.2. The van der Waals surface area contributed by atoms with E-state index in [-0.39, 0.29) is 0 Å². The first kappa shape index (κ1) is 32.6. The maximum absolute atomic E-state index is 6.90. The molecule has 3 heteroatoms. The smallest absolute Gasteiger partial charge is 0.159 e. The summed E-state index contributed by atoms with van der Waals surface area (Å²) in [5.41, 5.74) is 17.7. The highest BCUT2D eigenvalue weighted by molar-refractivity contribution is 6.13. The number of para-hydroxylation sites is 5. The van der Waals surface area contributed by atoms with Gasteiger partial charge in [0.05, 0.1) is 22.5 Å². The van der Waals surface area contributed by atoms with Crippen LogP contribution in [0.1, 0.15) is 22.3 Å². The van der Waals surface area contributed by atoms with Crippen molar-refractivity contribution in [3.63, 3.8) is 0 Å². The lowest BCUT2D eigenvalue weighted by molar-refractivity contribution is 0.669. The van der Waals surface area contributed by atoms with E-state index < -0.39 is 5.41 Å². The third kappa shape index (κ3) is 4.50. The van der Waals surface area contributed by atoms with Crippen LogP contribution >= 0.6 is 0 Å². The Kier molecular flexibility index (Phi) is 7.14. The van der Waals surface area contributed by atoms with Gasteiger partial charge in [0.1, 0.15) is 5.58 Å². The number of nitrogens with zero attached hydrogens (tertiary/aromatic N) is 2. The molecular weight excluding hydrogens is 705 g/mol. The average Bonchev–Trinajstić information content (AvgIpc) is 3.93. The minimum atomic E-state index is -0.523. The number of rotatable bonds is 6. The maximum atomic E-state index is 6.90. The van der Waals surface area contributed by atoms with Crippen LogP contribution in [0.4, 0.5) is 34.1 Å². The van der Waals surface area contributed by atoms with E-state index >= 15 is 0 Å². The lowest BCUT2D eigenvalue weighted by Gasteiger charge is -2.36. The van der Waals surface area contributed by atoms with Crippen molar-refractivity contribution in [2.45, 2.75) is 5.41 Å². The topological polar surface area (TPSA) is 19.6 Å². The minimum Gasteiger partial charge on any atom is -0.454 e. The van der Waals surface area contributed by atoms with Gasteiger partial charge in [0.2, 0.25) is 0 Å². The van der Waals surface area contributed by atoms with E-state index in [4.69, 9.17) is 4.42 Å². The Morgan fingerprint density at radius 2 is 0.810 bits per heavy atom. The van der Waals surface area contributed by atoms with E-state index in [1.165, 1.54) is 44.5 Å². The summed E-state index contributed by atoms with van der Waals surface area (Å²) >= 11 is 0. The molecule has 0 bridgehead atoms. The molecule has 3 nitrogen and oxygen atoms in total. The summed E-state index contributed by atoms with van der Waals surface area (Å²) in [6, 6.07) is 79.1. The lowest BCUT2D eigenvalue weighted by Crippen LogP contribution is -2.26. The zero-order chi connectivity index (χ0) is 38.2. The molecule has 0 N–H and O–H groups in total. The SMILES string of the molecule is c1ccc(N(c2ccccc2)c2ccc3c(c2N(c2ccccc2)c2cccc4c2oc2ccccc24)-c2ccccc2C32c3ccccc3-c3ccccc32)cc1. The molecule has 10 aromatic rings. The first-order valence-corrected chi connectivity index (χ1v) is 19.9. The minimum absolute atomic E-state index is 0.523. The maximum Gasteiger partial charge on any atom is 0.159 e. The fourth-order valence-corrected chi connectivity index (χ4v) is 10.0. The Bertz CT molecular complexity index is 3100. The van der Waals surface area contributed by atoms with Crippen molar-refractivity contribution in [2.75, 3.05) is 9.80 Å². The molecule has 2 aliphatic rings. The molecule has 1 spiro atoms. The molecule has 272 valence electrons. The summed E-state index contributed by atoms with van der Waals surface area (Å²) < 4.78 is 6.90.